The molecule has 0 spiro atoms. The van der Waals surface area contributed by atoms with E-state index in [0.717, 1.165) is 23.7 Å². The molecule has 0 aromatic heterocycles. The Morgan fingerprint density at radius 2 is 1.67 bits per heavy atom. The molecule has 0 aliphatic carbocycles. The summed E-state index contributed by atoms with van der Waals surface area (Å²) in [6.07, 6.45) is 3.35. The van der Waals surface area contributed by atoms with E-state index in [1.54, 1.807) is 0 Å². The van der Waals surface area contributed by atoms with Crippen LogP contribution >= 0.6 is 0 Å². The second-order valence-electron chi connectivity index (χ2n) is 4.41. The molecule has 1 aromatic carbocycles. The fourth-order valence-electron chi connectivity index (χ4n) is 1.94. The molecule has 2 nitrogen and oxygen atoms in total. The third kappa shape index (κ3) is 4.15. The minimum absolute atomic E-state index is 0.198. The highest BCUT2D eigenvalue weighted by atomic mass is 28.4. The van der Waals surface area contributed by atoms with E-state index in [4.69, 9.17) is 4.43 Å². The minimum atomic E-state index is -1.82. The summed E-state index contributed by atoms with van der Waals surface area (Å²) in [5.41, 5.74) is 1.02. The lowest BCUT2D eigenvalue weighted by atomic mass is 10.2. The van der Waals surface area contributed by atoms with Gasteiger partial charge >= 0.3 is 5.97 Å². The van der Waals surface area contributed by atoms with Gasteiger partial charge in [-0.25, -0.2) is 4.79 Å². The van der Waals surface area contributed by atoms with Gasteiger partial charge in [-0.05, 0) is 29.8 Å². The maximum atomic E-state index is 11.8. The average Bonchev–Trinajstić information content (AvgIpc) is 2.44. The van der Waals surface area contributed by atoms with Gasteiger partial charge in [-0.15, -0.1) is 0 Å². The van der Waals surface area contributed by atoms with E-state index in [-0.39, 0.29) is 5.97 Å². The van der Waals surface area contributed by atoms with E-state index in [1.165, 1.54) is 6.08 Å². The smallest absolute Gasteiger partial charge is 0.317 e. The first-order chi connectivity index (χ1) is 8.65. The lowest BCUT2D eigenvalue weighted by Crippen LogP contribution is -2.37. The van der Waals surface area contributed by atoms with Crippen molar-refractivity contribution in [2.75, 3.05) is 0 Å². The molecule has 3 heteroatoms. The Bertz CT molecular complexity index is 386. The Labute approximate surface area is 111 Å². The van der Waals surface area contributed by atoms with Crippen LogP contribution in [0.5, 0.6) is 0 Å². The van der Waals surface area contributed by atoms with Crippen molar-refractivity contribution in [3.8, 4) is 0 Å². The summed E-state index contributed by atoms with van der Waals surface area (Å²) in [7, 11) is -1.82. The Kier molecular flexibility index (Phi) is 5.85. The fraction of sp³-hybridized carbons (Fsp3) is 0.400. The van der Waals surface area contributed by atoms with Gasteiger partial charge in [0.1, 0.15) is 0 Å². The van der Waals surface area contributed by atoms with Gasteiger partial charge in [-0.3, -0.25) is 0 Å². The van der Waals surface area contributed by atoms with Crippen LogP contribution in [0, 0.1) is 0 Å². The van der Waals surface area contributed by atoms with Gasteiger partial charge in [0.05, 0.1) is 0 Å². The molecule has 0 saturated heterocycles. The molecule has 0 saturated carbocycles. The highest BCUT2D eigenvalue weighted by molar-refractivity contribution is 6.75. The van der Waals surface area contributed by atoms with Crippen molar-refractivity contribution in [1.82, 2.24) is 0 Å². The molecule has 1 rings (SSSR count). The summed E-state index contributed by atoms with van der Waals surface area (Å²) in [5, 5.41) is 0. The monoisotopic (exact) mass is 262 g/mol. The minimum Gasteiger partial charge on any atom is -0.516 e. The molecule has 0 aliphatic rings. The van der Waals surface area contributed by atoms with Crippen molar-refractivity contribution in [2.45, 2.75) is 38.9 Å². The van der Waals surface area contributed by atoms with E-state index in [1.807, 2.05) is 36.4 Å². The summed E-state index contributed by atoms with van der Waals surface area (Å²) in [6.45, 7) is 6.36. The lowest BCUT2D eigenvalue weighted by molar-refractivity contribution is -0.129. The van der Waals surface area contributed by atoms with E-state index in [9.17, 15) is 4.79 Å². The van der Waals surface area contributed by atoms with Crippen LogP contribution in [0.4, 0.5) is 0 Å². The van der Waals surface area contributed by atoms with Gasteiger partial charge in [0.2, 0.25) is 0 Å². The van der Waals surface area contributed by atoms with Gasteiger partial charge in [0, 0.05) is 6.08 Å². The van der Waals surface area contributed by atoms with Crippen LogP contribution in [0.1, 0.15) is 26.3 Å². The molecule has 0 atom stereocenters. The predicted molar refractivity (Wildman–Crippen MR) is 78.8 cm³/mol. The number of hydrogen-bond donors (Lipinski definition) is 0. The fourth-order valence-corrected chi connectivity index (χ4v) is 4.37. The Morgan fingerprint density at radius 1 is 1.11 bits per heavy atom. The lowest BCUT2D eigenvalue weighted by Gasteiger charge is -2.26. The first-order valence-corrected chi connectivity index (χ1v) is 9.15. The second-order valence-corrected chi connectivity index (χ2v) is 9.10. The molecule has 98 valence electrons. The molecule has 0 heterocycles. The van der Waals surface area contributed by atoms with E-state index in [2.05, 4.69) is 20.8 Å². The van der Waals surface area contributed by atoms with Gasteiger partial charge in [0.25, 0.3) is 8.32 Å². The molecule has 0 aliphatic heterocycles. The van der Waals surface area contributed by atoms with Crippen LogP contribution in [0.25, 0.3) is 6.08 Å². The van der Waals surface area contributed by atoms with Crippen LogP contribution in [0.2, 0.25) is 18.1 Å². The number of rotatable bonds is 6. The van der Waals surface area contributed by atoms with Crippen LogP contribution in [0.3, 0.4) is 0 Å². The molecule has 0 amide bonds. The van der Waals surface area contributed by atoms with Crippen LogP contribution in [-0.2, 0) is 9.22 Å². The van der Waals surface area contributed by atoms with Gasteiger partial charge in [0.15, 0.2) is 0 Å². The molecular formula is C15H22O2Si. The summed E-state index contributed by atoms with van der Waals surface area (Å²) in [6, 6.07) is 12.8. The highest BCUT2D eigenvalue weighted by Crippen LogP contribution is 2.21. The van der Waals surface area contributed by atoms with Crippen molar-refractivity contribution < 1.29 is 9.22 Å². The molecule has 0 unspecified atom stereocenters. The summed E-state index contributed by atoms with van der Waals surface area (Å²) >= 11 is 0. The molecule has 0 N–H and O–H groups in total. The van der Waals surface area contributed by atoms with Crippen LogP contribution in [0.15, 0.2) is 36.4 Å². The third-order valence-electron chi connectivity index (χ3n) is 3.46. The maximum absolute atomic E-state index is 11.8. The van der Waals surface area contributed by atoms with Gasteiger partial charge < -0.3 is 4.43 Å². The zero-order valence-corrected chi connectivity index (χ0v) is 12.5. The average molecular weight is 262 g/mol. The second kappa shape index (κ2) is 7.16. The zero-order valence-electron chi connectivity index (χ0n) is 11.5. The van der Waals surface area contributed by atoms with Crippen molar-refractivity contribution >= 4 is 20.4 Å². The largest absolute Gasteiger partial charge is 0.516 e. The normalized spacial score (nSPS) is 11.7. The van der Waals surface area contributed by atoms with Gasteiger partial charge in [-0.1, -0.05) is 51.1 Å². The van der Waals surface area contributed by atoms with E-state index < -0.39 is 8.32 Å². The number of carbonyl (C=O) groups excluding carboxylic acids is 1. The number of benzene rings is 1. The number of hydrogen-bond acceptors (Lipinski definition) is 2. The van der Waals surface area contributed by atoms with Crippen LogP contribution < -0.4 is 0 Å². The molecule has 1 aromatic rings. The molecule has 0 bridgehead atoms. The molecule has 18 heavy (non-hydrogen) atoms. The van der Waals surface area contributed by atoms with E-state index in [0.29, 0.717) is 0 Å². The van der Waals surface area contributed by atoms with Gasteiger partial charge in [-0.2, -0.15) is 0 Å². The Morgan fingerprint density at radius 3 is 2.17 bits per heavy atom. The SMILES string of the molecule is CC[Si](CC)(CC)OC(=O)/C=C/c1ccccc1. The predicted octanol–water partition coefficient (Wildman–Crippen LogP) is 4.25. The number of carbonyl (C=O) groups is 1. The Balaban J connectivity index is 2.64. The van der Waals surface area contributed by atoms with Crippen molar-refractivity contribution in [3.63, 3.8) is 0 Å². The topological polar surface area (TPSA) is 26.3 Å². The summed E-state index contributed by atoms with van der Waals surface area (Å²) in [4.78, 5) is 11.8. The van der Waals surface area contributed by atoms with E-state index >= 15 is 0 Å². The first-order valence-electron chi connectivity index (χ1n) is 6.62. The first kappa shape index (κ1) is 14.7. The van der Waals surface area contributed by atoms with Crippen LogP contribution in [-0.4, -0.2) is 14.3 Å². The highest BCUT2D eigenvalue weighted by Gasteiger charge is 2.31. The Hall–Kier alpha value is -1.35. The molecule has 0 fully saturated rings. The summed E-state index contributed by atoms with van der Waals surface area (Å²) < 4.78 is 5.72. The maximum Gasteiger partial charge on any atom is 0.317 e. The standard InChI is InChI=1S/C15H22O2Si/c1-4-18(5-2,6-3)17-15(16)13-12-14-10-8-7-9-11-14/h7-13H,4-6H2,1-3H3/b13-12+. The van der Waals surface area contributed by atoms with Crippen molar-refractivity contribution in [2.24, 2.45) is 0 Å². The zero-order chi connectivity index (χ0) is 13.4. The van der Waals surface area contributed by atoms with Crippen molar-refractivity contribution in [1.29, 1.82) is 0 Å². The molecular weight excluding hydrogens is 240 g/mol. The quantitative estimate of drug-likeness (QED) is 0.566. The molecule has 0 radical (unpaired) electrons. The van der Waals surface area contributed by atoms with Crippen molar-refractivity contribution in [3.05, 3.63) is 42.0 Å². The third-order valence-corrected chi connectivity index (χ3v) is 7.96. The summed E-state index contributed by atoms with van der Waals surface area (Å²) in [5.74, 6) is -0.198.